The summed E-state index contributed by atoms with van der Waals surface area (Å²) < 4.78 is 0. The number of ketones is 2. The van der Waals surface area contributed by atoms with Gasteiger partial charge in [0.2, 0.25) is 0 Å². The number of carbonyl (C=O) groups is 2. The molecular weight excluding hydrogens is 164 g/mol. The van der Waals surface area contributed by atoms with E-state index >= 15 is 0 Å². The van der Waals surface area contributed by atoms with Gasteiger partial charge in [-0.25, -0.2) is 0 Å². The highest BCUT2D eigenvalue weighted by Crippen LogP contribution is 2.24. The first kappa shape index (κ1) is 8.17. The van der Waals surface area contributed by atoms with E-state index in [9.17, 15) is 9.59 Å². The number of Topliss-reactive ketones (excluding diaryl/α,β-unsaturated/α-hetero) is 2. The Morgan fingerprint density at radius 3 is 2.46 bits per heavy atom. The molecule has 0 radical (unpaired) electrons. The lowest BCUT2D eigenvalue weighted by Gasteiger charge is -2.18. The van der Waals surface area contributed by atoms with E-state index in [-0.39, 0.29) is 17.5 Å². The van der Waals surface area contributed by atoms with Crippen molar-refractivity contribution >= 4 is 11.6 Å². The van der Waals surface area contributed by atoms with Gasteiger partial charge >= 0.3 is 0 Å². The lowest BCUT2D eigenvalue weighted by atomic mass is 9.83. The average Bonchev–Trinajstić information content (AvgIpc) is 2.15. The second-order valence-corrected chi connectivity index (χ2v) is 3.44. The van der Waals surface area contributed by atoms with E-state index in [1.165, 1.54) is 0 Å². The predicted molar refractivity (Wildman–Crippen MR) is 48.9 cm³/mol. The summed E-state index contributed by atoms with van der Waals surface area (Å²) in [5.41, 5.74) is 1.18. The van der Waals surface area contributed by atoms with E-state index < -0.39 is 0 Å². The normalized spacial score (nSPS) is 21.5. The molecule has 1 aromatic carbocycles. The molecule has 0 N–H and O–H groups in total. The van der Waals surface area contributed by atoms with E-state index in [0.29, 0.717) is 17.5 Å². The molecular formula is C11H10O2. The first-order valence-electron chi connectivity index (χ1n) is 4.36. The molecule has 2 nitrogen and oxygen atoms in total. The standard InChI is InChI=1S/C11H10O2/c1-7-6-10(12)8-4-2-3-5-9(8)11(7)13/h2-5,7H,6H2,1H3/t7-/m1/s1. The van der Waals surface area contributed by atoms with Crippen LogP contribution in [-0.2, 0) is 0 Å². The fourth-order valence-electron chi connectivity index (χ4n) is 1.69. The highest BCUT2D eigenvalue weighted by Gasteiger charge is 2.28. The van der Waals surface area contributed by atoms with Gasteiger partial charge in [-0.3, -0.25) is 9.59 Å². The highest BCUT2D eigenvalue weighted by atomic mass is 16.1. The van der Waals surface area contributed by atoms with E-state index in [1.807, 2.05) is 0 Å². The topological polar surface area (TPSA) is 34.1 Å². The van der Waals surface area contributed by atoms with Crippen molar-refractivity contribution < 1.29 is 9.59 Å². The second kappa shape index (κ2) is 2.80. The van der Waals surface area contributed by atoms with Gasteiger partial charge in [0.05, 0.1) is 0 Å². The molecule has 0 bridgehead atoms. The van der Waals surface area contributed by atoms with Gasteiger partial charge in [-0.15, -0.1) is 0 Å². The van der Waals surface area contributed by atoms with Crippen LogP contribution in [0.5, 0.6) is 0 Å². The van der Waals surface area contributed by atoms with Crippen molar-refractivity contribution in [2.24, 2.45) is 5.92 Å². The molecule has 0 saturated carbocycles. The Morgan fingerprint density at radius 2 is 1.77 bits per heavy atom. The summed E-state index contributed by atoms with van der Waals surface area (Å²) >= 11 is 0. The molecule has 66 valence electrons. The smallest absolute Gasteiger partial charge is 0.166 e. The van der Waals surface area contributed by atoms with Gasteiger partial charge in [0.25, 0.3) is 0 Å². The lowest BCUT2D eigenvalue weighted by molar-refractivity contribution is 0.0835. The van der Waals surface area contributed by atoms with Crippen molar-refractivity contribution in [1.82, 2.24) is 0 Å². The van der Waals surface area contributed by atoms with Crippen molar-refractivity contribution in [3.63, 3.8) is 0 Å². The summed E-state index contributed by atoms with van der Waals surface area (Å²) in [5, 5.41) is 0. The van der Waals surface area contributed by atoms with Crippen LogP contribution < -0.4 is 0 Å². The van der Waals surface area contributed by atoms with Crippen LogP contribution in [0, 0.1) is 5.92 Å². The minimum atomic E-state index is -0.151. The summed E-state index contributed by atoms with van der Waals surface area (Å²) in [7, 11) is 0. The second-order valence-electron chi connectivity index (χ2n) is 3.44. The summed E-state index contributed by atoms with van der Waals surface area (Å²) in [6.07, 6.45) is 0.357. The fraction of sp³-hybridized carbons (Fsp3) is 0.273. The van der Waals surface area contributed by atoms with Gasteiger partial charge in [-0.2, -0.15) is 0 Å². The predicted octanol–water partition coefficient (Wildman–Crippen LogP) is 2.09. The third-order valence-electron chi connectivity index (χ3n) is 2.43. The Hall–Kier alpha value is -1.44. The largest absolute Gasteiger partial charge is 0.294 e. The molecule has 1 aliphatic rings. The van der Waals surface area contributed by atoms with Crippen molar-refractivity contribution in [2.75, 3.05) is 0 Å². The molecule has 0 heterocycles. The van der Waals surface area contributed by atoms with Crippen molar-refractivity contribution in [2.45, 2.75) is 13.3 Å². The first-order valence-corrected chi connectivity index (χ1v) is 4.36. The van der Waals surface area contributed by atoms with Crippen molar-refractivity contribution in [3.8, 4) is 0 Å². The average molecular weight is 174 g/mol. The SMILES string of the molecule is C[C@@H]1CC(=O)c2ccccc2C1=O. The number of fused-ring (bicyclic) bond motifs is 1. The summed E-state index contributed by atoms with van der Waals surface area (Å²) in [4.78, 5) is 23.1. The molecule has 2 heteroatoms. The molecule has 0 amide bonds. The monoisotopic (exact) mass is 174 g/mol. The Kier molecular flexibility index (Phi) is 1.76. The summed E-state index contributed by atoms with van der Waals surface area (Å²) in [5.74, 6) is 0.0281. The van der Waals surface area contributed by atoms with Gasteiger partial charge < -0.3 is 0 Å². The van der Waals surface area contributed by atoms with E-state index in [1.54, 1.807) is 31.2 Å². The van der Waals surface area contributed by atoms with Crippen LogP contribution in [0.3, 0.4) is 0 Å². The van der Waals surface area contributed by atoms with Crippen molar-refractivity contribution in [3.05, 3.63) is 35.4 Å². The number of benzene rings is 1. The zero-order valence-corrected chi connectivity index (χ0v) is 7.41. The number of hydrogen-bond donors (Lipinski definition) is 0. The van der Waals surface area contributed by atoms with Crippen LogP contribution in [0.15, 0.2) is 24.3 Å². The summed E-state index contributed by atoms with van der Waals surface area (Å²) in [6.45, 7) is 1.80. The molecule has 0 aromatic heterocycles. The molecule has 1 aliphatic carbocycles. The van der Waals surface area contributed by atoms with E-state index in [0.717, 1.165) is 0 Å². The van der Waals surface area contributed by atoms with E-state index in [4.69, 9.17) is 0 Å². The number of hydrogen-bond acceptors (Lipinski definition) is 2. The Morgan fingerprint density at radius 1 is 1.15 bits per heavy atom. The van der Waals surface area contributed by atoms with Gasteiger partial charge in [0, 0.05) is 23.5 Å². The maximum absolute atomic E-state index is 11.6. The zero-order valence-electron chi connectivity index (χ0n) is 7.41. The number of rotatable bonds is 0. The first-order chi connectivity index (χ1) is 6.20. The fourth-order valence-corrected chi connectivity index (χ4v) is 1.69. The molecule has 0 saturated heterocycles. The van der Waals surface area contributed by atoms with Crippen molar-refractivity contribution in [1.29, 1.82) is 0 Å². The Balaban J connectivity index is 2.60. The van der Waals surface area contributed by atoms with E-state index in [2.05, 4.69) is 0 Å². The molecule has 2 rings (SSSR count). The Labute approximate surface area is 76.6 Å². The molecule has 0 fully saturated rings. The maximum Gasteiger partial charge on any atom is 0.166 e. The van der Waals surface area contributed by atoms with Gasteiger partial charge in [0.1, 0.15) is 0 Å². The maximum atomic E-state index is 11.6. The van der Waals surface area contributed by atoms with Crippen LogP contribution in [-0.4, -0.2) is 11.6 Å². The minimum Gasteiger partial charge on any atom is -0.294 e. The molecule has 1 atom stereocenters. The third-order valence-corrected chi connectivity index (χ3v) is 2.43. The van der Waals surface area contributed by atoms with Crippen LogP contribution >= 0.6 is 0 Å². The molecule has 0 unspecified atom stereocenters. The molecule has 1 aromatic rings. The Bertz CT molecular complexity index is 379. The van der Waals surface area contributed by atoms with Crippen LogP contribution in [0.25, 0.3) is 0 Å². The summed E-state index contributed by atoms with van der Waals surface area (Å²) in [6, 6.07) is 7.04. The number of carbonyl (C=O) groups excluding carboxylic acids is 2. The van der Waals surface area contributed by atoms with Gasteiger partial charge in [-0.05, 0) is 0 Å². The lowest BCUT2D eigenvalue weighted by Crippen LogP contribution is -2.24. The van der Waals surface area contributed by atoms with Crippen LogP contribution in [0.1, 0.15) is 34.1 Å². The van der Waals surface area contributed by atoms with Crippen LogP contribution in [0.4, 0.5) is 0 Å². The van der Waals surface area contributed by atoms with Crippen LogP contribution in [0.2, 0.25) is 0 Å². The van der Waals surface area contributed by atoms with Gasteiger partial charge in [-0.1, -0.05) is 31.2 Å². The minimum absolute atomic E-state index is 0.0858. The highest BCUT2D eigenvalue weighted by molar-refractivity contribution is 6.14. The molecule has 0 aliphatic heterocycles. The zero-order chi connectivity index (χ0) is 9.42. The quantitative estimate of drug-likeness (QED) is 0.603. The third kappa shape index (κ3) is 1.18. The van der Waals surface area contributed by atoms with Gasteiger partial charge in [0.15, 0.2) is 11.6 Å². The molecule has 0 spiro atoms. The molecule has 13 heavy (non-hydrogen) atoms.